The van der Waals surface area contributed by atoms with Crippen LogP contribution in [0.25, 0.3) is 11.8 Å². The second-order valence-electron chi connectivity index (χ2n) is 9.14. The molecule has 3 aromatic rings. The first-order valence-corrected chi connectivity index (χ1v) is 11.6. The number of piperidine rings is 1. The van der Waals surface area contributed by atoms with Crippen molar-refractivity contribution in [2.24, 2.45) is 0 Å². The molecular weight excluding hydrogens is 429 g/mol. The first-order valence-electron chi connectivity index (χ1n) is 11.6. The Morgan fingerprint density at radius 3 is 2.65 bits per heavy atom. The summed E-state index contributed by atoms with van der Waals surface area (Å²) in [5, 5.41) is 0. The summed E-state index contributed by atoms with van der Waals surface area (Å²) >= 11 is 0. The molecule has 5 rings (SSSR count). The van der Waals surface area contributed by atoms with Crippen LogP contribution in [0.4, 0.5) is 4.39 Å². The number of aromatic nitrogens is 2. The van der Waals surface area contributed by atoms with Crippen molar-refractivity contribution >= 4 is 12.0 Å². The number of carbonyl (C=O) groups is 1. The van der Waals surface area contributed by atoms with E-state index in [0.717, 1.165) is 47.3 Å². The monoisotopic (exact) mass is 457 g/mol. The van der Waals surface area contributed by atoms with Crippen LogP contribution in [-0.2, 0) is 4.79 Å². The molecule has 34 heavy (non-hydrogen) atoms. The van der Waals surface area contributed by atoms with Crippen LogP contribution >= 0.6 is 0 Å². The van der Waals surface area contributed by atoms with Crippen LogP contribution in [-0.4, -0.2) is 33.5 Å². The first-order chi connectivity index (χ1) is 16.4. The van der Waals surface area contributed by atoms with Gasteiger partial charge in [-0.3, -0.25) is 4.79 Å². The van der Waals surface area contributed by atoms with Gasteiger partial charge in [-0.15, -0.1) is 0 Å². The number of carbonyl (C=O) groups excluding carboxylic acids is 1. The van der Waals surface area contributed by atoms with Crippen LogP contribution in [0.1, 0.15) is 49.0 Å². The largest absolute Gasteiger partial charge is 0.495 e. The van der Waals surface area contributed by atoms with E-state index in [0.29, 0.717) is 5.75 Å². The highest BCUT2D eigenvalue weighted by molar-refractivity contribution is 5.99. The van der Waals surface area contributed by atoms with Crippen LogP contribution in [0.5, 0.6) is 5.75 Å². The molecule has 0 N–H and O–H groups in total. The maximum atomic E-state index is 13.7. The quantitative estimate of drug-likeness (QED) is 0.368. The lowest BCUT2D eigenvalue weighted by atomic mass is 9.84. The minimum Gasteiger partial charge on any atom is -0.495 e. The Morgan fingerprint density at radius 1 is 1.15 bits per heavy atom. The molecule has 0 unspecified atom stereocenters. The summed E-state index contributed by atoms with van der Waals surface area (Å²) in [5.74, 6) is 0.488. The average molecular weight is 458 g/mol. The van der Waals surface area contributed by atoms with Crippen LogP contribution < -0.4 is 4.74 Å². The third kappa shape index (κ3) is 4.16. The van der Waals surface area contributed by atoms with Gasteiger partial charge in [0.25, 0.3) is 5.91 Å². The number of benzene rings is 2. The number of hydrogen-bond acceptors (Lipinski definition) is 3. The molecule has 0 bridgehead atoms. The Hall–Kier alpha value is -3.67. The molecule has 1 saturated heterocycles. The molecule has 174 valence electrons. The number of rotatable bonds is 4. The van der Waals surface area contributed by atoms with E-state index >= 15 is 0 Å². The Labute approximate surface area is 199 Å². The van der Waals surface area contributed by atoms with Gasteiger partial charge >= 0.3 is 0 Å². The lowest BCUT2D eigenvalue weighted by Crippen LogP contribution is -2.48. The van der Waals surface area contributed by atoms with E-state index in [4.69, 9.17) is 4.74 Å². The molecule has 0 spiro atoms. The molecule has 2 aliphatic heterocycles. The zero-order valence-corrected chi connectivity index (χ0v) is 19.7. The molecule has 2 atom stereocenters. The molecule has 5 nitrogen and oxygen atoms in total. The summed E-state index contributed by atoms with van der Waals surface area (Å²) in [6.45, 7) is 4.06. The normalized spacial score (nSPS) is 21.4. The van der Waals surface area contributed by atoms with Gasteiger partial charge in [0.05, 0.1) is 30.9 Å². The summed E-state index contributed by atoms with van der Waals surface area (Å²) in [5.41, 5.74) is 5.73. The van der Waals surface area contributed by atoms with Crippen molar-refractivity contribution in [1.29, 1.82) is 0 Å². The van der Waals surface area contributed by atoms with Crippen molar-refractivity contribution in [3.05, 3.63) is 94.8 Å². The number of ether oxygens (including phenoxy) is 1. The molecule has 6 heteroatoms. The highest BCUT2D eigenvalue weighted by Crippen LogP contribution is 2.40. The zero-order valence-electron chi connectivity index (χ0n) is 19.7. The first kappa shape index (κ1) is 22.1. The molecule has 0 radical (unpaired) electrons. The molecule has 3 heterocycles. The highest BCUT2D eigenvalue weighted by Gasteiger charge is 2.38. The van der Waals surface area contributed by atoms with Crippen molar-refractivity contribution < 1.29 is 13.9 Å². The van der Waals surface area contributed by atoms with Gasteiger partial charge in [0.1, 0.15) is 11.6 Å². The van der Waals surface area contributed by atoms with Gasteiger partial charge in [-0.1, -0.05) is 29.8 Å². The molecule has 2 aromatic carbocycles. The van der Waals surface area contributed by atoms with E-state index in [1.54, 1.807) is 25.6 Å². The minimum atomic E-state index is -0.273. The van der Waals surface area contributed by atoms with Gasteiger partial charge in [0.2, 0.25) is 0 Å². The average Bonchev–Trinajstić information content (AvgIpc) is 3.26. The molecule has 1 aromatic heterocycles. The van der Waals surface area contributed by atoms with Gasteiger partial charge < -0.3 is 14.2 Å². The summed E-state index contributed by atoms with van der Waals surface area (Å²) in [6.07, 6.45) is 10.3. The second kappa shape index (κ2) is 8.93. The lowest BCUT2D eigenvalue weighted by Gasteiger charge is -2.44. The van der Waals surface area contributed by atoms with Gasteiger partial charge in [-0.25, -0.2) is 9.37 Å². The van der Waals surface area contributed by atoms with E-state index < -0.39 is 0 Å². The molecule has 1 fully saturated rings. The fraction of sp³-hybridized carbons (Fsp3) is 0.286. The summed E-state index contributed by atoms with van der Waals surface area (Å²) in [6, 6.07) is 12.4. The predicted octanol–water partition coefficient (Wildman–Crippen LogP) is 5.79. The number of methoxy groups -OCH3 is 1. The van der Waals surface area contributed by atoms with Gasteiger partial charge in [-0.2, -0.15) is 0 Å². The maximum Gasteiger partial charge on any atom is 0.250 e. The smallest absolute Gasteiger partial charge is 0.250 e. The van der Waals surface area contributed by atoms with E-state index in [9.17, 15) is 9.18 Å². The SMILES string of the molecule is COc1cc(/C=C2\CC[C@@H]3CC(C)=C[C@@H](c4ccc(F)cc4)N3C2=O)ccc1-n1cnc(C)c1. The number of halogens is 1. The standard InChI is InChI=1S/C28H28FN3O2/c1-18-12-24-10-7-22(28(33)32(24)26(13-18)21-5-8-23(29)9-6-21)14-20-4-11-25(27(15-20)34-3)31-16-19(2)30-17-31/h4-6,8-9,11,13-17,24,26H,7,10,12H2,1-3H3/b22-14+/t24-,26+/m1/s1. The third-order valence-electron chi connectivity index (χ3n) is 6.70. The molecule has 1 amide bonds. The van der Waals surface area contributed by atoms with Crippen LogP contribution in [0, 0.1) is 12.7 Å². The Balaban J connectivity index is 1.47. The number of amides is 1. The van der Waals surface area contributed by atoms with E-state index in [2.05, 4.69) is 18.0 Å². The topological polar surface area (TPSA) is 47.4 Å². The van der Waals surface area contributed by atoms with Crippen molar-refractivity contribution in [2.75, 3.05) is 7.11 Å². The second-order valence-corrected chi connectivity index (χ2v) is 9.14. The van der Waals surface area contributed by atoms with Gasteiger partial charge in [0.15, 0.2) is 0 Å². The summed E-state index contributed by atoms with van der Waals surface area (Å²) in [4.78, 5) is 20.0. The van der Waals surface area contributed by atoms with Crippen LogP contribution in [0.3, 0.4) is 0 Å². The van der Waals surface area contributed by atoms with Crippen molar-refractivity contribution in [3.8, 4) is 11.4 Å². The Kier molecular flexibility index (Phi) is 5.82. The molecule has 0 aliphatic carbocycles. The van der Waals surface area contributed by atoms with Crippen LogP contribution in [0.15, 0.2) is 72.2 Å². The van der Waals surface area contributed by atoms with Gasteiger partial charge in [0, 0.05) is 17.8 Å². The van der Waals surface area contributed by atoms with Crippen molar-refractivity contribution in [2.45, 2.75) is 45.2 Å². The zero-order chi connectivity index (χ0) is 23.8. The van der Waals surface area contributed by atoms with Crippen molar-refractivity contribution in [3.63, 3.8) is 0 Å². The number of imidazole rings is 1. The predicted molar refractivity (Wildman–Crippen MR) is 130 cm³/mol. The van der Waals surface area contributed by atoms with E-state index in [-0.39, 0.29) is 23.8 Å². The third-order valence-corrected chi connectivity index (χ3v) is 6.70. The number of fused-ring (bicyclic) bond motifs is 1. The Morgan fingerprint density at radius 2 is 1.94 bits per heavy atom. The molecule has 0 saturated carbocycles. The number of nitrogens with zero attached hydrogens (tertiary/aromatic N) is 3. The summed E-state index contributed by atoms with van der Waals surface area (Å²) < 4.78 is 21.1. The highest BCUT2D eigenvalue weighted by atomic mass is 19.1. The molecule has 2 aliphatic rings. The fourth-order valence-corrected chi connectivity index (χ4v) is 5.05. The van der Waals surface area contributed by atoms with Crippen molar-refractivity contribution in [1.82, 2.24) is 14.5 Å². The minimum absolute atomic E-state index is 0.0441. The number of aryl methyl sites for hydroxylation is 1. The number of hydrogen-bond donors (Lipinski definition) is 0. The maximum absolute atomic E-state index is 13.7. The van der Waals surface area contributed by atoms with Crippen LogP contribution in [0.2, 0.25) is 0 Å². The lowest BCUT2D eigenvalue weighted by molar-refractivity contribution is -0.133. The van der Waals surface area contributed by atoms with E-state index in [1.165, 1.54) is 17.7 Å². The fourth-order valence-electron chi connectivity index (χ4n) is 5.05. The Bertz CT molecular complexity index is 1290. The molecular formula is C28H28FN3O2. The van der Waals surface area contributed by atoms with Gasteiger partial charge in [-0.05, 0) is 74.6 Å². The summed E-state index contributed by atoms with van der Waals surface area (Å²) in [7, 11) is 1.64. The van der Waals surface area contributed by atoms with E-state index in [1.807, 2.05) is 46.9 Å².